The van der Waals surface area contributed by atoms with Crippen LogP contribution in [0.1, 0.15) is 23.6 Å². The van der Waals surface area contributed by atoms with Crippen LogP contribution in [-0.2, 0) is 30.5 Å². The molecule has 0 saturated heterocycles. The highest BCUT2D eigenvalue weighted by Crippen LogP contribution is 2.29. The van der Waals surface area contributed by atoms with Gasteiger partial charge in [-0.2, -0.15) is 13.2 Å². The molecule has 6 nitrogen and oxygen atoms in total. The highest BCUT2D eigenvalue weighted by molar-refractivity contribution is 9.10. The Morgan fingerprint density at radius 2 is 1.93 bits per heavy atom. The van der Waals surface area contributed by atoms with Gasteiger partial charge in [-0.05, 0) is 40.0 Å². The molecule has 0 spiro atoms. The maximum Gasteiger partial charge on any atom is 0.451 e. The number of alkyl halides is 3. The van der Waals surface area contributed by atoms with Crippen LogP contribution < -0.4 is 5.73 Å². The average Bonchev–Trinajstić information content (AvgIpc) is 3.03. The van der Waals surface area contributed by atoms with Crippen LogP contribution in [0.4, 0.5) is 22.0 Å². The molecule has 3 rings (SSSR count). The molecule has 28 heavy (non-hydrogen) atoms. The van der Waals surface area contributed by atoms with Crippen molar-refractivity contribution in [2.45, 2.75) is 38.1 Å². The molecule has 0 fully saturated rings. The molecule has 0 unspecified atom stereocenters. The van der Waals surface area contributed by atoms with Crippen molar-refractivity contribution in [3.8, 4) is 0 Å². The molecule has 1 aromatic heterocycles. The van der Waals surface area contributed by atoms with Gasteiger partial charge >= 0.3 is 6.18 Å². The summed E-state index contributed by atoms with van der Waals surface area (Å²) in [6, 6.07) is 1.20. The van der Waals surface area contributed by atoms with Crippen molar-refractivity contribution in [2.24, 2.45) is 5.73 Å². The molecule has 1 aromatic carbocycles. The number of hydrogen-bond acceptors (Lipinski definition) is 4. The number of halogens is 6. The third kappa shape index (κ3) is 4.32. The predicted octanol–water partition coefficient (Wildman–Crippen LogP) is 2.64. The van der Waals surface area contributed by atoms with Gasteiger partial charge in [-0.15, -0.1) is 10.2 Å². The summed E-state index contributed by atoms with van der Waals surface area (Å²) in [4.78, 5) is 13.7. The van der Waals surface area contributed by atoms with Crippen molar-refractivity contribution in [1.29, 1.82) is 0 Å². The summed E-state index contributed by atoms with van der Waals surface area (Å²) >= 11 is 2.88. The molecule has 2 aromatic rings. The van der Waals surface area contributed by atoms with Crippen molar-refractivity contribution in [3.63, 3.8) is 0 Å². The summed E-state index contributed by atoms with van der Waals surface area (Å²) in [5, 5.41) is 6.65. The zero-order chi connectivity index (χ0) is 20.6. The number of fused-ring (bicyclic) bond motifs is 1. The summed E-state index contributed by atoms with van der Waals surface area (Å²) in [6.45, 7) is -0.179. The fourth-order valence-electron chi connectivity index (χ4n) is 3.01. The van der Waals surface area contributed by atoms with E-state index in [2.05, 4.69) is 26.1 Å². The molecular weight excluding hydrogens is 453 g/mol. The summed E-state index contributed by atoms with van der Waals surface area (Å²) in [5.74, 6) is -2.78. The zero-order valence-electron chi connectivity index (χ0n) is 14.3. The van der Waals surface area contributed by atoms with Crippen LogP contribution in [0, 0.1) is 11.6 Å². The molecule has 0 aliphatic carbocycles. The van der Waals surface area contributed by atoms with Crippen LogP contribution in [0.3, 0.4) is 0 Å². The summed E-state index contributed by atoms with van der Waals surface area (Å²) < 4.78 is 66.9. The molecule has 1 atom stereocenters. The monoisotopic (exact) mass is 467 g/mol. The summed E-state index contributed by atoms with van der Waals surface area (Å²) in [5.41, 5.74) is 5.93. The van der Waals surface area contributed by atoms with Gasteiger partial charge in [0.25, 0.3) is 0 Å². The van der Waals surface area contributed by atoms with E-state index < -0.39 is 35.6 Å². The van der Waals surface area contributed by atoms with E-state index in [4.69, 9.17) is 5.73 Å². The molecule has 2 heterocycles. The van der Waals surface area contributed by atoms with Gasteiger partial charge in [0.1, 0.15) is 11.6 Å². The predicted molar refractivity (Wildman–Crippen MR) is 90.8 cm³/mol. The Balaban J connectivity index is 1.63. The quantitative estimate of drug-likeness (QED) is 0.553. The van der Waals surface area contributed by atoms with Gasteiger partial charge in [-0.3, -0.25) is 4.79 Å². The number of nitrogens with two attached hydrogens (primary N) is 1. The Kier molecular flexibility index (Phi) is 5.71. The highest BCUT2D eigenvalue weighted by atomic mass is 79.9. The fourth-order valence-corrected chi connectivity index (χ4v) is 3.32. The van der Waals surface area contributed by atoms with Crippen molar-refractivity contribution in [3.05, 3.63) is 45.5 Å². The topological polar surface area (TPSA) is 77.0 Å². The smallest absolute Gasteiger partial charge is 0.333 e. The lowest BCUT2D eigenvalue weighted by Gasteiger charge is -2.29. The minimum atomic E-state index is -4.62. The summed E-state index contributed by atoms with van der Waals surface area (Å²) in [7, 11) is 0. The Morgan fingerprint density at radius 3 is 2.61 bits per heavy atom. The molecular formula is C16H15BrF5N5O. The molecule has 1 aliphatic rings. The van der Waals surface area contributed by atoms with Gasteiger partial charge < -0.3 is 15.2 Å². The minimum absolute atomic E-state index is 0.0194. The van der Waals surface area contributed by atoms with Crippen LogP contribution in [0.5, 0.6) is 0 Å². The number of carbonyl (C=O) groups excluding carboxylic acids is 1. The summed E-state index contributed by atoms with van der Waals surface area (Å²) in [6.07, 6.45) is -4.86. The normalized spacial score (nSPS) is 15.5. The number of nitrogens with zero attached hydrogens (tertiary/aromatic N) is 4. The average molecular weight is 468 g/mol. The first-order valence-corrected chi connectivity index (χ1v) is 9.01. The first-order valence-electron chi connectivity index (χ1n) is 8.22. The molecule has 0 bridgehead atoms. The van der Waals surface area contributed by atoms with E-state index >= 15 is 0 Å². The van der Waals surface area contributed by atoms with Crippen molar-refractivity contribution >= 4 is 21.8 Å². The van der Waals surface area contributed by atoms with E-state index in [-0.39, 0.29) is 48.3 Å². The molecule has 1 amide bonds. The Morgan fingerprint density at radius 1 is 1.21 bits per heavy atom. The Bertz CT molecular complexity index is 900. The molecule has 1 aliphatic heterocycles. The molecule has 152 valence electrons. The lowest BCUT2D eigenvalue weighted by molar-refractivity contribution is -0.148. The lowest BCUT2D eigenvalue weighted by atomic mass is 10.0. The first kappa shape index (κ1) is 20.6. The number of carbonyl (C=O) groups is 1. The van der Waals surface area contributed by atoms with Gasteiger partial charge in [0.05, 0.1) is 11.0 Å². The molecule has 0 radical (unpaired) electrons. The number of benzene rings is 1. The van der Waals surface area contributed by atoms with E-state index in [0.29, 0.717) is 0 Å². The highest BCUT2D eigenvalue weighted by Gasteiger charge is 2.39. The third-order valence-corrected chi connectivity index (χ3v) is 4.98. The lowest BCUT2D eigenvalue weighted by Crippen LogP contribution is -2.42. The molecule has 0 saturated carbocycles. The number of hydrogen-bond donors (Lipinski definition) is 1. The van der Waals surface area contributed by atoms with E-state index in [1.165, 1.54) is 4.90 Å². The maximum absolute atomic E-state index is 13.9. The third-order valence-electron chi connectivity index (χ3n) is 4.37. The second kappa shape index (κ2) is 7.74. The molecule has 2 N–H and O–H groups in total. The number of rotatable bonds is 4. The van der Waals surface area contributed by atoms with Gasteiger partial charge in [-0.25, -0.2) is 8.78 Å². The van der Waals surface area contributed by atoms with Gasteiger partial charge in [0.2, 0.25) is 11.7 Å². The van der Waals surface area contributed by atoms with E-state index in [0.717, 1.165) is 16.7 Å². The van der Waals surface area contributed by atoms with Crippen LogP contribution >= 0.6 is 15.9 Å². The SMILES string of the molecule is N[C@@H](CC(=O)N1CCn2c(nnc2C(F)(F)F)C1)Cc1cc(F)c(Br)cc1F. The fraction of sp³-hybridized carbons (Fsp3) is 0.438. The standard InChI is InChI=1S/C16H15BrF5N5O/c17-10-6-11(18)8(4-12(10)19)3-9(23)5-14(28)26-1-2-27-13(7-26)24-25-15(27)16(20,21)22/h4,6,9H,1-3,5,7,23H2/t9-/m1/s1. The maximum atomic E-state index is 13.9. The van der Waals surface area contributed by atoms with Gasteiger partial charge in [0.15, 0.2) is 5.82 Å². The Labute approximate surface area is 164 Å². The second-order valence-corrected chi connectivity index (χ2v) is 7.28. The van der Waals surface area contributed by atoms with E-state index in [9.17, 15) is 26.7 Å². The van der Waals surface area contributed by atoms with Crippen LogP contribution in [0.15, 0.2) is 16.6 Å². The van der Waals surface area contributed by atoms with Crippen molar-refractivity contribution in [2.75, 3.05) is 6.54 Å². The Hall–Kier alpha value is -2.08. The van der Waals surface area contributed by atoms with Crippen LogP contribution in [-0.4, -0.2) is 38.2 Å². The van der Waals surface area contributed by atoms with Crippen molar-refractivity contribution < 1.29 is 26.7 Å². The van der Waals surface area contributed by atoms with Crippen LogP contribution in [0.25, 0.3) is 0 Å². The van der Waals surface area contributed by atoms with Crippen molar-refractivity contribution in [1.82, 2.24) is 19.7 Å². The molecule has 12 heteroatoms. The van der Waals surface area contributed by atoms with E-state index in [1.807, 2.05) is 0 Å². The first-order chi connectivity index (χ1) is 13.1. The number of amides is 1. The number of aromatic nitrogens is 3. The van der Waals surface area contributed by atoms with E-state index in [1.54, 1.807) is 0 Å². The zero-order valence-corrected chi connectivity index (χ0v) is 15.9. The van der Waals surface area contributed by atoms with Crippen LogP contribution in [0.2, 0.25) is 0 Å². The second-order valence-electron chi connectivity index (χ2n) is 6.43. The van der Waals surface area contributed by atoms with Gasteiger partial charge in [0, 0.05) is 25.6 Å². The minimum Gasteiger partial charge on any atom is -0.333 e. The largest absolute Gasteiger partial charge is 0.451 e. The van der Waals surface area contributed by atoms with Gasteiger partial charge in [-0.1, -0.05) is 0 Å².